The van der Waals surface area contributed by atoms with Gasteiger partial charge in [0.1, 0.15) is 11.4 Å². The van der Waals surface area contributed by atoms with Gasteiger partial charge in [-0.3, -0.25) is 4.79 Å². The van der Waals surface area contributed by atoms with Gasteiger partial charge < -0.3 is 20.4 Å². The molecule has 2 N–H and O–H groups in total. The van der Waals surface area contributed by atoms with Crippen LogP contribution in [-0.4, -0.2) is 56.1 Å². The van der Waals surface area contributed by atoms with Crippen LogP contribution in [0.2, 0.25) is 0 Å². The molecule has 2 heterocycles. The molecule has 1 saturated carbocycles. The summed E-state index contributed by atoms with van der Waals surface area (Å²) in [6.45, 7) is 6.76. The number of nitrogens with one attached hydrogen (secondary N) is 2. The predicted octanol–water partition coefficient (Wildman–Crippen LogP) is 4.53. The van der Waals surface area contributed by atoms with E-state index in [1.807, 2.05) is 13.0 Å². The second-order valence-corrected chi connectivity index (χ2v) is 10.8. The highest BCUT2D eigenvalue weighted by Crippen LogP contribution is 2.45. The van der Waals surface area contributed by atoms with Crippen molar-refractivity contribution < 1.29 is 9.18 Å². The molecule has 0 aromatic heterocycles. The van der Waals surface area contributed by atoms with Crippen molar-refractivity contribution >= 4 is 17.3 Å². The summed E-state index contributed by atoms with van der Waals surface area (Å²) in [5.41, 5.74) is 4.30. The number of fused-ring (bicyclic) bond motifs is 1. The number of piperazine rings is 1. The maximum absolute atomic E-state index is 14.8. The molecule has 5 rings (SSSR count). The molecule has 3 aliphatic rings. The summed E-state index contributed by atoms with van der Waals surface area (Å²) in [6.07, 6.45) is 6.75. The Morgan fingerprint density at radius 2 is 1.83 bits per heavy atom. The number of aryl methyl sites for hydroxylation is 1. The van der Waals surface area contributed by atoms with Crippen LogP contribution in [0.15, 0.2) is 36.4 Å². The number of rotatable bonds is 6. The van der Waals surface area contributed by atoms with Gasteiger partial charge in [0, 0.05) is 56.1 Å². The first-order valence-electron chi connectivity index (χ1n) is 13.3. The third-order valence-electron chi connectivity index (χ3n) is 8.49. The maximum atomic E-state index is 14.8. The van der Waals surface area contributed by atoms with E-state index in [0.29, 0.717) is 18.5 Å². The number of benzene rings is 2. The zero-order valence-electron chi connectivity index (χ0n) is 21.2. The number of hydrogen-bond donors (Lipinski definition) is 2. The molecule has 1 saturated heterocycles. The average molecular weight is 479 g/mol. The van der Waals surface area contributed by atoms with E-state index in [4.69, 9.17) is 0 Å². The van der Waals surface area contributed by atoms with Gasteiger partial charge in [-0.2, -0.15) is 0 Å². The van der Waals surface area contributed by atoms with E-state index in [9.17, 15) is 9.18 Å². The zero-order chi connectivity index (χ0) is 24.4. The molecule has 5 nitrogen and oxygen atoms in total. The molecule has 0 spiro atoms. The van der Waals surface area contributed by atoms with Crippen molar-refractivity contribution in [2.45, 2.75) is 57.4 Å². The summed E-state index contributed by atoms with van der Waals surface area (Å²) in [5.74, 6) is 0.0428. The Kier molecular flexibility index (Phi) is 7.01. The van der Waals surface area contributed by atoms with E-state index in [1.54, 1.807) is 6.07 Å². The summed E-state index contributed by atoms with van der Waals surface area (Å²) in [4.78, 5) is 18.7. The Bertz CT molecular complexity index is 1030. The highest BCUT2D eigenvalue weighted by Gasteiger charge is 2.50. The van der Waals surface area contributed by atoms with E-state index < -0.39 is 5.54 Å². The molecule has 188 valence electrons. The van der Waals surface area contributed by atoms with Gasteiger partial charge >= 0.3 is 0 Å². The van der Waals surface area contributed by atoms with Gasteiger partial charge in [-0.05, 0) is 62.4 Å². The Morgan fingerprint density at radius 3 is 2.57 bits per heavy atom. The van der Waals surface area contributed by atoms with E-state index in [-0.39, 0.29) is 17.6 Å². The van der Waals surface area contributed by atoms with Gasteiger partial charge in [-0.1, -0.05) is 43.5 Å². The Labute approximate surface area is 209 Å². The molecule has 1 amide bonds. The summed E-state index contributed by atoms with van der Waals surface area (Å²) in [7, 11) is 2.17. The number of carbonyl (C=O) groups is 1. The minimum absolute atomic E-state index is 0.0245. The standard InChI is InChI=1S/C29H39FN4O/c1-21-12-13-25(30)24-20-29(32-27(21)24,23-9-4-3-5-10-23)28(35)31-15-14-22-8-6-7-11-26(22)34-18-16-33(2)17-19-34/h6-8,11-13,23,32H,3-5,9-10,14-20H2,1-2H3,(H,31,35). The second kappa shape index (κ2) is 10.2. The maximum Gasteiger partial charge on any atom is 0.246 e. The lowest BCUT2D eigenvalue weighted by Crippen LogP contribution is -2.57. The van der Waals surface area contributed by atoms with Crippen LogP contribution in [0.3, 0.4) is 0 Å². The topological polar surface area (TPSA) is 47.6 Å². The lowest BCUT2D eigenvalue weighted by atomic mass is 9.72. The van der Waals surface area contributed by atoms with Crippen LogP contribution in [0.25, 0.3) is 0 Å². The lowest BCUT2D eigenvalue weighted by Gasteiger charge is -2.39. The third-order valence-corrected chi connectivity index (χ3v) is 8.49. The van der Waals surface area contributed by atoms with Crippen molar-refractivity contribution in [2.75, 3.05) is 50.0 Å². The highest BCUT2D eigenvalue weighted by molar-refractivity contribution is 5.93. The molecule has 6 heteroatoms. The van der Waals surface area contributed by atoms with Gasteiger partial charge in [0.25, 0.3) is 0 Å². The molecule has 35 heavy (non-hydrogen) atoms. The van der Waals surface area contributed by atoms with Gasteiger partial charge in [0.05, 0.1) is 0 Å². The van der Waals surface area contributed by atoms with E-state index in [0.717, 1.165) is 69.5 Å². The molecule has 2 fully saturated rings. The van der Waals surface area contributed by atoms with Crippen LogP contribution >= 0.6 is 0 Å². The van der Waals surface area contributed by atoms with Crippen molar-refractivity contribution in [3.05, 3.63) is 58.9 Å². The van der Waals surface area contributed by atoms with Crippen LogP contribution in [-0.2, 0) is 17.6 Å². The first-order valence-corrected chi connectivity index (χ1v) is 13.3. The average Bonchev–Trinajstić information content (AvgIpc) is 3.31. The fraction of sp³-hybridized carbons (Fsp3) is 0.552. The quantitative estimate of drug-likeness (QED) is 0.640. The molecule has 1 unspecified atom stereocenters. The van der Waals surface area contributed by atoms with Crippen LogP contribution < -0.4 is 15.5 Å². The van der Waals surface area contributed by atoms with Crippen molar-refractivity contribution in [3.63, 3.8) is 0 Å². The fourth-order valence-corrected chi connectivity index (χ4v) is 6.34. The second-order valence-electron chi connectivity index (χ2n) is 10.8. The Balaban J connectivity index is 1.31. The van der Waals surface area contributed by atoms with Crippen molar-refractivity contribution in [2.24, 2.45) is 5.92 Å². The molecule has 0 radical (unpaired) electrons. The van der Waals surface area contributed by atoms with Gasteiger partial charge in [0.15, 0.2) is 0 Å². The van der Waals surface area contributed by atoms with Crippen molar-refractivity contribution in [1.82, 2.24) is 10.2 Å². The first-order chi connectivity index (χ1) is 17.0. The molecule has 2 aliphatic heterocycles. The predicted molar refractivity (Wildman–Crippen MR) is 141 cm³/mol. The largest absolute Gasteiger partial charge is 0.370 e. The third kappa shape index (κ3) is 4.77. The molecule has 2 aromatic rings. The number of nitrogens with zero attached hydrogens (tertiary/aromatic N) is 2. The zero-order valence-corrected chi connectivity index (χ0v) is 21.2. The fourth-order valence-electron chi connectivity index (χ4n) is 6.34. The minimum atomic E-state index is -0.757. The van der Waals surface area contributed by atoms with Crippen molar-refractivity contribution in [3.8, 4) is 0 Å². The summed E-state index contributed by atoms with van der Waals surface area (Å²) in [6, 6.07) is 11.9. The van der Waals surface area contributed by atoms with Crippen LogP contribution in [0.4, 0.5) is 15.8 Å². The van der Waals surface area contributed by atoms with Gasteiger partial charge in [-0.25, -0.2) is 4.39 Å². The summed E-state index contributed by atoms with van der Waals surface area (Å²) < 4.78 is 14.8. The number of likely N-dealkylation sites (N-methyl/N-ethyl adjacent to an activating group) is 1. The number of carbonyl (C=O) groups excluding carboxylic acids is 1. The minimum Gasteiger partial charge on any atom is -0.370 e. The number of halogens is 1. The number of hydrogen-bond acceptors (Lipinski definition) is 4. The van der Waals surface area contributed by atoms with Crippen molar-refractivity contribution in [1.29, 1.82) is 0 Å². The molecule has 1 aliphatic carbocycles. The SMILES string of the molecule is Cc1ccc(F)c2c1NC(C(=O)NCCc1ccccc1N1CCN(C)CC1)(C1CCCCC1)C2. The Hall–Kier alpha value is -2.60. The van der Waals surface area contributed by atoms with Crippen LogP contribution in [0.1, 0.15) is 48.8 Å². The van der Waals surface area contributed by atoms with E-state index >= 15 is 0 Å². The highest BCUT2D eigenvalue weighted by atomic mass is 19.1. The number of amides is 1. The van der Waals surface area contributed by atoms with Gasteiger partial charge in [-0.15, -0.1) is 0 Å². The smallest absolute Gasteiger partial charge is 0.246 e. The van der Waals surface area contributed by atoms with Crippen LogP contribution in [0.5, 0.6) is 0 Å². The molecule has 0 bridgehead atoms. The summed E-state index contributed by atoms with van der Waals surface area (Å²) in [5, 5.41) is 6.85. The molecular weight excluding hydrogens is 439 g/mol. The van der Waals surface area contributed by atoms with Crippen LogP contribution in [0, 0.1) is 18.7 Å². The lowest BCUT2D eigenvalue weighted by molar-refractivity contribution is -0.127. The monoisotopic (exact) mass is 478 g/mol. The van der Waals surface area contributed by atoms with E-state index in [2.05, 4.69) is 51.7 Å². The summed E-state index contributed by atoms with van der Waals surface area (Å²) >= 11 is 0. The normalized spacial score (nSPS) is 23.1. The van der Waals surface area contributed by atoms with Gasteiger partial charge in [0.2, 0.25) is 5.91 Å². The first kappa shape index (κ1) is 24.1. The molecular formula is C29H39FN4O. The van der Waals surface area contributed by atoms with E-state index in [1.165, 1.54) is 17.7 Å². The molecule has 2 aromatic carbocycles. The number of para-hydroxylation sites is 1. The Morgan fingerprint density at radius 1 is 1.09 bits per heavy atom. The number of anilines is 2. The molecule has 1 atom stereocenters.